The van der Waals surface area contributed by atoms with Crippen LogP contribution in [0.2, 0.25) is 0 Å². The van der Waals surface area contributed by atoms with E-state index in [1.54, 1.807) is 0 Å². The van der Waals surface area contributed by atoms with Gasteiger partial charge in [0, 0.05) is 18.1 Å². The van der Waals surface area contributed by atoms with Gasteiger partial charge in [-0.05, 0) is 19.4 Å². The molecule has 0 saturated heterocycles. The first-order chi connectivity index (χ1) is 8.12. The third-order valence-electron chi connectivity index (χ3n) is 4.20. The van der Waals surface area contributed by atoms with E-state index in [2.05, 4.69) is 33.0 Å². The van der Waals surface area contributed by atoms with Crippen molar-refractivity contribution in [3.05, 3.63) is 0 Å². The lowest BCUT2D eigenvalue weighted by Crippen LogP contribution is -2.60. The van der Waals surface area contributed by atoms with Gasteiger partial charge in [0.25, 0.3) is 0 Å². The van der Waals surface area contributed by atoms with Gasteiger partial charge in [-0.25, -0.2) is 0 Å². The molecule has 1 rings (SSSR count). The third kappa shape index (κ3) is 4.26. The van der Waals surface area contributed by atoms with Gasteiger partial charge in [0.1, 0.15) is 0 Å². The monoisotopic (exact) mass is 241 g/mol. The van der Waals surface area contributed by atoms with Crippen molar-refractivity contribution in [3.8, 4) is 0 Å². The van der Waals surface area contributed by atoms with Gasteiger partial charge in [-0.3, -0.25) is 0 Å². The summed E-state index contributed by atoms with van der Waals surface area (Å²) in [6.45, 7) is 11.1. The van der Waals surface area contributed by atoms with Crippen LogP contribution >= 0.6 is 0 Å². The van der Waals surface area contributed by atoms with Crippen LogP contribution in [0.25, 0.3) is 0 Å². The van der Waals surface area contributed by atoms with Crippen LogP contribution in [0.5, 0.6) is 0 Å². The summed E-state index contributed by atoms with van der Waals surface area (Å²) < 4.78 is 6.01. The van der Waals surface area contributed by atoms with Gasteiger partial charge in [-0.1, -0.05) is 53.4 Å². The number of hydrogen-bond acceptors (Lipinski definition) is 2. The fourth-order valence-corrected chi connectivity index (χ4v) is 2.69. The first-order valence-corrected chi connectivity index (χ1v) is 7.47. The van der Waals surface area contributed by atoms with Crippen molar-refractivity contribution in [2.24, 2.45) is 5.41 Å². The Morgan fingerprint density at radius 3 is 2.41 bits per heavy atom. The van der Waals surface area contributed by atoms with Crippen molar-refractivity contribution in [1.82, 2.24) is 5.32 Å². The summed E-state index contributed by atoms with van der Waals surface area (Å²) in [5, 5.41) is 3.54. The molecular weight excluding hydrogens is 210 g/mol. The van der Waals surface area contributed by atoms with Crippen LogP contribution in [0.15, 0.2) is 0 Å². The summed E-state index contributed by atoms with van der Waals surface area (Å²) in [7, 11) is 0. The third-order valence-corrected chi connectivity index (χ3v) is 4.20. The number of rotatable bonds is 9. The topological polar surface area (TPSA) is 21.3 Å². The summed E-state index contributed by atoms with van der Waals surface area (Å²) in [5.41, 5.74) is 0.319. The molecule has 0 amide bonds. The normalized spacial score (nSPS) is 26.8. The quantitative estimate of drug-likeness (QED) is 0.621. The van der Waals surface area contributed by atoms with E-state index in [0.717, 1.165) is 13.2 Å². The predicted octanol–water partition coefficient (Wildman–Crippen LogP) is 3.75. The smallest absolute Gasteiger partial charge is 0.0655 e. The van der Waals surface area contributed by atoms with E-state index in [1.807, 2.05) is 0 Å². The van der Waals surface area contributed by atoms with Crippen molar-refractivity contribution >= 4 is 0 Å². The van der Waals surface area contributed by atoms with Gasteiger partial charge in [0.05, 0.1) is 6.10 Å². The molecule has 0 aromatic rings. The first kappa shape index (κ1) is 15.0. The van der Waals surface area contributed by atoms with Crippen molar-refractivity contribution < 1.29 is 4.74 Å². The van der Waals surface area contributed by atoms with E-state index in [1.165, 1.54) is 38.5 Å². The molecule has 0 heterocycles. The summed E-state index contributed by atoms with van der Waals surface area (Å²) in [4.78, 5) is 0. The minimum absolute atomic E-state index is 0.319. The molecule has 17 heavy (non-hydrogen) atoms. The standard InChI is InChI=1S/C15H31NO/c1-5-7-8-9-10-11-17-14-12-13(16-6-2)15(14,3)4/h13-14,16H,5-12H2,1-4H3. The fraction of sp³-hybridized carbons (Fsp3) is 1.00. The minimum atomic E-state index is 0.319. The van der Waals surface area contributed by atoms with Crippen LogP contribution in [0, 0.1) is 5.41 Å². The fourth-order valence-electron chi connectivity index (χ4n) is 2.69. The predicted molar refractivity (Wildman–Crippen MR) is 74.4 cm³/mol. The Kier molecular flexibility index (Phi) is 6.50. The second-order valence-electron chi connectivity index (χ2n) is 5.94. The minimum Gasteiger partial charge on any atom is -0.378 e. The van der Waals surface area contributed by atoms with Crippen LogP contribution in [-0.2, 0) is 4.74 Å². The molecular formula is C15H31NO. The van der Waals surface area contributed by atoms with E-state index in [0.29, 0.717) is 17.6 Å². The lowest BCUT2D eigenvalue weighted by molar-refractivity contribution is -0.117. The molecule has 1 saturated carbocycles. The molecule has 2 atom stereocenters. The Balaban J connectivity index is 2.05. The van der Waals surface area contributed by atoms with Crippen molar-refractivity contribution in [2.45, 2.75) is 78.4 Å². The number of ether oxygens (including phenoxy) is 1. The lowest BCUT2D eigenvalue weighted by atomic mass is 9.64. The zero-order chi connectivity index (χ0) is 12.7. The molecule has 2 heteroatoms. The van der Waals surface area contributed by atoms with Gasteiger partial charge in [0.2, 0.25) is 0 Å². The molecule has 2 nitrogen and oxygen atoms in total. The average molecular weight is 241 g/mol. The van der Waals surface area contributed by atoms with Crippen LogP contribution in [0.3, 0.4) is 0 Å². The molecule has 1 aliphatic rings. The van der Waals surface area contributed by atoms with Crippen molar-refractivity contribution in [1.29, 1.82) is 0 Å². The average Bonchev–Trinajstić information content (AvgIpc) is 2.31. The first-order valence-electron chi connectivity index (χ1n) is 7.47. The molecule has 2 unspecified atom stereocenters. The van der Waals surface area contributed by atoms with Crippen LogP contribution in [-0.4, -0.2) is 25.3 Å². The highest BCUT2D eigenvalue weighted by Gasteiger charge is 2.48. The number of nitrogens with one attached hydrogen (secondary N) is 1. The highest BCUT2D eigenvalue weighted by atomic mass is 16.5. The Labute approximate surface area is 108 Å². The van der Waals surface area contributed by atoms with Crippen molar-refractivity contribution in [3.63, 3.8) is 0 Å². The molecule has 0 aromatic carbocycles. The molecule has 1 N–H and O–H groups in total. The van der Waals surface area contributed by atoms with Crippen LogP contribution in [0.1, 0.15) is 66.2 Å². The number of unbranched alkanes of at least 4 members (excludes halogenated alkanes) is 4. The Morgan fingerprint density at radius 1 is 1.12 bits per heavy atom. The van der Waals surface area contributed by atoms with Crippen molar-refractivity contribution in [2.75, 3.05) is 13.2 Å². The maximum absolute atomic E-state index is 6.01. The maximum atomic E-state index is 6.01. The Morgan fingerprint density at radius 2 is 1.82 bits per heavy atom. The molecule has 1 aliphatic carbocycles. The summed E-state index contributed by atoms with van der Waals surface area (Å²) in [5.74, 6) is 0. The van der Waals surface area contributed by atoms with Crippen LogP contribution in [0.4, 0.5) is 0 Å². The SMILES string of the molecule is CCCCCCCOC1CC(NCC)C1(C)C. The molecule has 0 radical (unpaired) electrons. The molecule has 0 aliphatic heterocycles. The van der Waals surface area contributed by atoms with Gasteiger partial charge < -0.3 is 10.1 Å². The second-order valence-corrected chi connectivity index (χ2v) is 5.94. The van der Waals surface area contributed by atoms with E-state index >= 15 is 0 Å². The highest BCUT2D eigenvalue weighted by molar-refractivity contribution is 5.02. The Hall–Kier alpha value is -0.0800. The zero-order valence-electron chi connectivity index (χ0n) is 12.2. The van der Waals surface area contributed by atoms with Crippen LogP contribution < -0.4 is 5.32 Å². The largest absolute Gasteiger partial charge is 0.378 e. The summed E-state index contributed by atoms with van der Waals surface area (Å²) in [6.07, 6.45) is 8.29. The highest BCUT2D eigenvalue weighted by Crippen LogP contribution is 2.42. The summed E-state index contributed by atoms with van der Waals surface area (Å²) in [6, 6.07) is 0.651. The second kappa shape index (κ2) is 7.38. The van der Waals surface area contributed by atoms with Gasteiger partial charge >= 0.3 is 0 Å². The van der Waals surface area contributed by atoms with E-state index in [4.69, 9.17) is 4.74 Å². The molecule has 0 bridgehead atoms. The van der Waals surface area contributed by atoms with Gasteiger partial charge in [-0.15, -0.1) is 0 Å². The van der Waals surface area contributed by atoms with E-state index < -0.39 is 0 Å². The lowest BCUT2D eigenvalue weighted by Gasteiger charge is -2.52. The number of hydrogen-bond donors (Lipinski definition) is 1. The molecule has 1 fully saturated rings. The zero-order valence-corrected chi connectivity index (χ0v) is 12.2. The maximum Gasteiger partial charge on any atom is 0.0655 e. The Bertz CT molecular complexity index is 203. The summed E-state index contributed by atoms with van der Waals surface area (Å²) >= 11 is 0. The molecule has 0 spiro atoms. The molecule has 102 valence electrons. The molecule has 0 aromatic heterocycles. The van der Waals surface area contributed by atoms with E-state index in [9.17, 15) is 0 Å². The van der Waals surface area contributed by atoms with E-state index in [-0.39, 0.29) is 0 Å². The van der Waals surface area contributed by atoms with Gasteiger partial charge in [-0.2, -0.15) is 0 Å². The van der Waals surface area contributed by atoms with Gasteiger partial charge in [0.15, 0.2) is 0 Å².